The average molecular weight is 305 g/mol. The zero-order valence-electron chi connectivity index (χ0n) is 13.6. The van der Waals surface area contributed by atoms with E-state index in [1.807, 2.05) is 19.1 Å². The Hall–Kier alpha value is -2.01. The van der Waals surface area contributed by atoms with E-state index >= 15 is 0 Å². The van der Waals surface area contributed by atoms with Gasteiger partial charge in [0.25, 0.3) is 0 Å². The topological polar surface area (TPSA) is 51.9 Å². The molecule has 0 N–H and O–H groups in total. The van der Waals surface area contributed by atoms with Gasteiger partial charge in [-0.3, -0.25) is 0 Å². The van der Waals surface area contributed by atoms with E-state index in [4.69, 9.17) is 13.9 Å². The van der Waals surface area contributed by atoms with Crippen molar-refractivity contribution < 1.29 is 18.7 Å². The third-order valence-corrected chi connectivity index (χ3v) is 3.87. The van der Waals surface area contributed by atoms with Crippen LogP contribution in [0.15, 0.2) is 22.6 Å². The molecule has 0 atom stereocenters. The summed E-state index contributed by atoms with van der Waals surface area (Å²) in [4.78, 5) is 14.4. The van der Waals surface area contributed by atoms with Crippen molar-refractivity contribution in [3.05, 3.63) is 29.5 Å². The summed E-state index contributed by atoms with van der Waals surface area (Å²) in [5.41, 5.74) is 1.43. The molecule has 1 aromatic heterocycles. The molecule has 1 heterocycles. The highest BCUT2D eigenvalue weighted by molar-refractivity contribution is 5.96. The zero-order chi connectivity index (χ0) is 16.1. The summed E-state index contributed by atoms with van der Waals surface area (Å²) in [6.07, 6.45) is 0. The van der Waals surface area contributed by atoms with Gasteiger partial charge in [-0.15, -0.1) is 0 Å². The summed E-state index contributed by atoms with van der Waals surface area (Å²) in [6, 6.07) is 5.51. The average Bonchev–Trinajstić information content (AvgIpc) is 2.87. The molecular weight excluding hydrogens is 282 g/mol. The second-order valence-corrected chi connectivity index (χ2v) is 5.08. The predicted octanol–water partition coefficient (Wildman–Crippen LogP) is 3.25. The number of hydrogen-bond acceptors (Lipinski definition) is 5. The Bertz CT molecular complexity index is 643. The second kappa shape index (κ2) is 7.31. The third-order valence-electron chi connectivity index (χ3n) is 3.87. The molecule has 2 aromatic rings. The van der Waals surface area contributed by atoms with Crippen LogP contribution in [0.3, 0.4) is 0 Å². The van der Waals surface area contributed by atoms with Gasteiger partial charge in [-0.2, -0.15) is 0 Å². The van der Waals surface area contributed by atoms with Gasteiger partial charge in [-0.25, -0.2) is 4.79 Å². The highest BCUT2D eigenvalue weighted by Crippen LogP contribution is 2.28. The summed E-state index contributed by atoms with van der Waals surface area (Å²) < 4.78 is 16.1. The van der Waals surface area contributed by atoms with Crippen molar-refractivity contribution in [2.24, 2.45) is 0 Å². The number of nitrogens with zero attached hydrogens (tertiary/aromatic N) is 1. The lowest BCUT2D eigenvalue weighted by Gasteiger charge is -2.17. The van der Waals surface area contributed by atoms with E-state index in [0.717, 1.165) is 30.6 Å². The Kier molecular flexibility index (Phi) is 5.44. The molecule has 0 spiro atoms. The van der Waals surface area contributed by atoms with Crippen molar-refractivity contribution in [3.8, 4) is 5.75 Å². The number of furan rings is 1. The molecule has 0 radical (unpaired) electrons. The smallest absolute Gasteiger partial charge is 0.374 e. The standard InChI is InChI=1S/C17H23NO4/c1-5-18(6-2)9-10-21-17(19)16-12(3)14-8-7-13(20-4)11-15(14)22-16/h7-8,11H,5-6,9-10H2,1-4H3. The molecule has 0 aliphatic heterocycles. The first-order chi connectivity index (χ1) is 10.6. The van der Waals surface area contributed by atoms with Gasteiger partial charge in [0.05, 0.1) is 7.11 Å². The highest BCUT2D eigenvalue weighted by Gasteiger charge is 2.19. The Morgan fingerprint density at radius 1 is 1.27 bits per heavy atom. The van der Waals surface area contributed by atoms with E-state index in [1.165, 1.54) is 0 Å². The molecule has 0 amide bonds. The van der Waals surface area contributed by atoms with Gasteiger partial charge in [0.1, 0.15) is 17.9 Å². The number of methoxy groups -OCH3 is 1. The van der Waals surface area contributed by atoms with Crippen LogP contribution in [-0.4, -0.2) is 44.2 Å². The Morgan fingerprint density at radius 3 is 2.64 bits per heavy atom. The Labute approximate surface area is 130 Å². The van der Waals surface area contributed by atoms with Crippen LogP contribution in [0.1, 0.15) is 30.0 Å². The van der Waals surface area contributed by atoms with Crippen molar-refractivity contribution in [2.75, 3.05) is 33.4 Å². The molecule has 5 nitrogen and oxygen atoms in total. The molecule has 0 aliphatic carbocycles. The van der Waals surface area contributed by atoms with Crippen LogP contribution in [0, 0.1) is 6.92 Å². The first-order valence-corrected chi connectivity index (χ1v) is 7.57. The second-order valence-electron chi connectivity index (χ2n) is 5.08. The molecule has 120 valence electrons. The number of rotatable bonds is 7. The molecule has 2 rings (SSSR count). The normalized spacial score (nSPS) is 11.1. The Balaban J connectivity index is 2.09. The van der Waals surface area contributed by atoms with Crippen LogP contribution in [-0.2, 0) is 4.74 Å². The minimum Gasteiger partial charge on any atom is -0.497 e. The van der Waals surface area contributed by atoms with Crippen LogP contribution in [0.25, 0.3) is 11.0 Å². The summed E-state index contributed by atoms with van der Waals surface area (Å²) >= 11 is 0. The molecule has 0 aliphatic rings. The van der Waals surface area contributed by atoms with Crippen molar-refractivity contribution >= 4 is 16.9 Å². The molecular formula is C17H23NO4. The maximum atomic E-state index is 12.2. The number of carbonyl (C=O) groups excluding carboxylic acids is 1. The van der Waals surface area contributed by atoms with Gasteiger partial charge < -0.3 is 18.8 Å². The van der Waals surface area contributed by atoms with Gasteiger partial charge >= 0.3 is 5.97 Å². The van der Waals surface area contributed by atoms with Crippen LogP contribution >= 0.6 is 0 Å². The lowest BCUT2D eigenvalue weighted by molar-refractivity contribution is 0.0432. The van der Waals surface area contributed by atoms with Crippen LogP contribution in [0.4, 0.5) is 0 Å². The molecule has 0 saturated carbocycles. The van der Waals surface area contributed by atoms with E-state index in [9.17, 15) is 4.79 Å². The van der Waals surface area contributed by atoms with E-state index in [1.54, 1.807) is 13.2 Å². The molecule has 5 heteroatoms. The third kappa shape index (κ3) is 3.42. The number of esters is 1. The molecule has 1 aromatic carbocycles. The summed E-state index contributed by atoms with van der Waals surface area (Å²) in [5, 5.41) is 0.900. The first kappa shape index (κ1) is 16.4. The SMILES string of the molecule is CCN(CC)CCOC(=O)c1oc2cc(OC)ccc2c1C. The fourth-order valence-corrected chi connectivity index (χ4v) is 2.40. The van der Waals surface area contributed by atoms with Crippen molar-refractivity contribution in [1.82, 2.24) is 4.90 Å². The minimum absolute atomic E-state index is 0.266. The maximum Gasteiger partial charge on any atom is 0.374 e. The summed E-state index contributed by atoms with van der Waals surface area (Å²) in [7, 11) is 1.60. The fraction of sp³-hybridized carbons (Fsp3) is 0.471. The quantitative estimate of drug-likeness (QED) is 0.735. The number of carbonyl (C=O) groups is 1. The van der Waals surface area contributed by atoms with Crippen LogP contribution < -0.4 is 4.74 Å². The first-order valence-electron chi connectivity index (χ1n) is 7.57. The van der Waals surface area contributed by atoms with Gasteiger partial charge in [0.15, 0.2) is 0 Å². The van der Waals surface area contributed by atoms with E-state index < -0.39 is 5.97 Å². The van der Waals surface area contributed by atoms with Gasteiger partial charge in [0.2, 0.25) is 5.76 Å². The molecule has 0 fully saturated rings. The van der Waals surface area contributed by atoms with Crippen molar-refractivity contribution in [3.63, 3.8) is 0 Å². The monoisotopic (exact) mass is 305 g/mol. The molecule has 22 heavy (non-hydrogen) atoms. The molecule has 0 bridgehead atoms. The van der Waals surface area contributed by atoms with Gasteiger partial charge in [-0.05, 0) is 32.1 Å². The number of fused-ring (bicyclic) bond motifs is 1. The number of likely N-dealkylation sites (N-methyl/N-ethyl adjacent to an activating group) is 1. The number of aryl methyl sites for hydroxylation is 1. The number of benzene rings is 1. The van der Waals surface area contributed by atoms with E-state index in [0.29, 0.717) is 17.9 Å². The van der Waals surface area contributed by atoms with Crippen molar-refractivity contribution in [1.29, 1.82) is 0 Å². The zero-order valence-corrected chi connectivity index (χ0v) is 13.6. The lowest BCUT2D eigenvalue weighted by atomic mass is 10.1. The predicted molar refractivity (Wildman–Crippen MR) is 85.6 cm³/mol. The number of hydrogen-bond donors (Lipinski definition) is 0. The largest absolute Gasteiger partial charge is 0.497 e. The molecule has 0 unspecified atom stereocenters. The summed E-state index contributed by atoms with van der Waals surface area (Å²) in [6.45, 7) is 9.00. The van der Waals surface area contributed by atoms with Crippen LogP contribution in [0.2, 0.25) is 0 Å². The lowest BCUT2D eigenvalue weighted by Crippen LogP contribution is -2.27. The minimum atomic E-state index is -0.417. The van der Waals surface area contributed by atoms with Crippen LogP contribution in [0.5, 0.6) is 5.75 Å². The number of ether oxygens (including phenoxy) is 2. The summed E-state index contributed by atoms with van der Waals surface area (Å²) in [5.74, 6) is 0.547. The van der Waals surface area contributed by atoms with Gasteiger partial charge in [-0.1, -0.05) is 13.8 Å². The highest BCUT2D eigenvalue weighted by atomic mass is 16.5. The van der Waals surface area contributed by atoms with E-state index in [-0.39, 0.29) is 5.76 Å². The Morgan fingerprint density at radius 2 is 2.00 bits per heavy atom. The molecule has 0 saturated heterocycles. The van der Waals surface area contributed by atoms with Gasteiger partial charge in [0, 0.05) is 23.6 Å². The van der Waals surface area contributed by atoms with Crippen molar-refractivity contribution in [2.45, 2.75) is 20.8 Å². The van der Waals surface area contributed by atoms with E-state index in [2.05, 4.69) is 18.7 Å². The fourth-order valence-electron chi connectivity index (χ4n) is 2.40. The maximum absolute atomic E-state index is 12.2.